The minimum absolute atomic E-state index is 0.161. The second kappa shape index (κ2) is 8.15. The maximum Gasteiger partial charge on any atom is 0.118 e. The molecule has 1 rings (SSSR count). The number of nitrogens with one attached hydrogen (secondary N) is 1. The molecule has 0 fully saturated rings. The van der Waals surface area contributed by atoms with E-state index in [0.29, 0.717) is 18.9 Å². The third kappa shape index (κ3) is 5.19. The molecule has 4 nitrogen and oxygen atoms in total. The Bertz CT molecular complexity index is 351. The van der Waals surface area contributed by atoms with E-state index in [0.717, 1.165) is 11.3 Å². The average Bonchev–Trinajstić information content (AvgIpc) is 2.42. The minimum atomic E-state index is -0.550. The highest BCUT2D eigenvalue weighted by Gasteiger charge is 2.15. The van der Waals surface area contributed by atoms with Gasteiger partial charge in [-0.15, -0.1) is 0 Å². The summed E-state index contributed by atoms with van der Waals surface area (Å²) in [4.78, 5) is 0. The quantitative estimate of drug-likeness (QED) is 0.671. The Morgan fingerprint density at radius 2 is 1.84 bits per heavy atom. The zero-order valence-corrected chi connectivity index (χ0v) is 12.0. The van der Waals surface area contributed by atoms with E-state index in [4.69, 9.17) is 9.84 Å². The van der Waals surface area contributed by atoms with Crippen molar-refractivity contribution in [2.45, 2.75) is 32.4 Å². The summed E-state index contributed by atoms with van der Waals surface area (Å²) >= 11 is 0. The summed E-state index contributed by atoms with van der Waals surface area (Å²) in [7, 11) is 1.62. The summed E-state index contributed by atoms with van der Waals surface area (Å²) in [6.07, 6.45) is 0.151. The zero-order valence-electron chi connectivity index (χ0n) is 12.0. The third-order valence-electron chi connectivity index (χ3n) is 3.32. The van der Waals surface area contributed by atoms with Crippen LogP contribution in [0.5, 0.6) is 5.75 Å². The summed E-state index contributed by atoms with van der Waals surface area (Å²) in [6, 6.07) is 7.62. The molecule has 1 aromatic rings. The van der Waals surface area contributed by atoms with Gasteiger partial charge in [0.25, 0.3) is 0 Å². The molecule has 108 valence electrons. The van der Waals surface area contributed by atoms with Gasteiger partial charge in [-0.2, -0.15) is 0 Å². The van der Waals surface area contributed by atoms with Gasteiger partial charge in [0.05, 0.1) is 13.2 Å². The van der Waals surface area contributed by atoms with Crippen molar-refractivity contribution in [1.29, 1.82) is 0 Å². The number of aliphatic hydroxyl groups excluding tert-OH is 2. The topological polar surface area (TPSA) is 61.7 Å². The SMILES string of the molecule is COc1ccc(C(O)CNC(CCO)C(C)C)cc1. The maximum absolute atomic E-state index is 10.1. The molecule has 0 bridgehead atoms. The molecule has 0 spiro atoms. The molecule has 0 radical (unpaired) electrons. The molecular formula is C15H25NO3. The Morgan fingerprint density at radius 3 is 2.32 bits per heavy atom. The number of hydrogen-bond acceptors (Lipinski definition) is 4. The Morgan fingerprint density at radius 1 is 1.21 bits per heavy atom. The lowest BCUT2D eigenvalue weighted by Crippen LogP contribution is -2.37. The van der Waals surface area contributed by atoms with Crippen LogP contribution in [-0.4, -0.2) is 36.5 Å². The van der Waals surface area contributed by atoms with Crippen molar-refractivity contribution < 1.29 is 14.9 Å². The highest BCUT2D eigenvalue weighted by molar-refractivity contribution is 5.28. The van der Waals surface area contributed by atoms with Crippen molar-refractivity contribution in [3.8, 4) is 5.75 Å². The van der Waals surface area contributed by atoms with E-state index in [9.17, 15) is 5.11 Å². The highest BCUT2D eigenvalue weighted by Crippen LogP contribution is 2.17. The van der Waals surface area contributed by atoms with Crippen molar-refractivity contribution in [3.63, 3.8) is 0 Å². The molecule has 1 aromatic carbocycles. The van der Waals surface area contributed by atoms with Gasteiger partial charge in [0, 0.05) is 19.2 Å². The van der Waals surface area contributed by atoms with E-state index in [-0.39, 0.29) is 12.6 Å². The molecule has 4 heteroatoms. The van der Waals surface area contributed by atoms with Gasteiger partial charge in [0.1, 0.15) is 5.75 Å². The normalized spacial score (nSPS) is 14.4. The second-order valence-electron chi connectivity index (χ2n) is 5.06. The highest BCUT2D eigenvalue weighted by atomic mass is 16.5. The fourth-order valence-corrected chi connectivity index (χ4v) is 2.02. The molecule has 2 unspecified atom stereocenters. The zero-order chi connectivity index (χ0) is 14.3. The van der Waals surface area contributed by atoms with Crippen molar-refractivity contribution in [2.75, 3.05) is 20.3 Å². The van der Waals surface area contributed by atoms with Crippen LogP contribution in [-0.2, 0) is 0 Å². The van der Waals surface area contributed by atoms with Gasteiger partial charge in [0.2, 0.25) is 0 Å². The summed E-state index contributed by atoms with van der Waals surface area (Å²) < 4.78 is 5.09. The first-order chi connectivity index (χ1) is 9.08. The van der Waals surface area contributed by atoms with Crippen LogP contribution >= 0.6 is 0 Å². The number of rotatable bonds is 8. The van der Waals surface area contributed by atoms with E-state index in [2.05, 4.69) is 19.2 Å². The van der Waals surface area contributed by atoms with Crippen molar-refractivity contribution in [2.24, 2.45) is 5.92 Å². The summed E-state index contributed by atoms with van der Waals surface area (Å²) in [5, 5.41) is 22.4. The molecule has 0 aromatic heterocycles. The molecule has 2 atom stereocenters. The first-order valence-electron chi connectivity index (χ1n) is 6.74. The van der Waals surface area contributed by atoms with Crippen LogP contribution < -0.4 is 10.1 Å². The average molecular weight is 267 g/mol. The van der Waals surface area contributed by atoms with E-state index >= 15 is 0 Å². The Hall–Kier alpha value is -1.10. The monoisotopic (exact) mass is 267 g/mol. The van der Waals surface area contributed by atoms with Crippen LogP contribution in [0.1, 0.15) is 31.9 Å². The lowest BCUT2D eigenvalue weighted by molar-refractivity contribution is 0.159. The van der Waals surface area contributed by atoms with Crippen LogP contribution in [0.2, 0.25) is 0 Å². The van der Waals surface area contributed by atoms with Crippen molar-refractivity contribution in [1.82, 2.24) is 5.32 Å². The van der Waals surface area contributed by atoms with Crippen LogP contribution in [0.15, 0.2) is 24.3 Å². The predicted octanol–water partition coefficient (Wildman–Crippen LogP) is 1.73. The van der Waals surface area contributed by atoms with Gasteiger partial charge < -0.3 is 20.3 Å². The number of ether oxygens (including phenoxy) is 1. The molecule has 0 saturated carbocycles. The van der Waals surface area contributed by atoms with Gasteiger partial charge in [-0.05, 0) is 30.0 Å². The standard InChI is InChI=1S/C15H25NO3/c1-11(2)14(8-9-17)16-10-15(18)12-4-6-13(19-3)7-5-12/h4-7,11,14-18H,8-10H2,1-3H3. The van der Waals surface area contributed by atoms with E-state index in [1.54, 1.807) is 7.11 Å². The smallest absolute Gasteiger partial charge is 0.118 e. The fraction of sp³-hybridized carbons (Fsp3) is 0.600. The lowest BCUT2D eigenvalue weighted by atomic mass is 10.0. The fourth-order valence-electron chi connectivity index (χ4n) is 2.02. The van der Waals surface area contributed by atoms with E-state index in [1.807, 2.05) is 24.3 Å². The largest absolute Gasteiger partial charge is 0.497 e. The molecule has 0 heterocycles. The molecular weight excluding hydrogens is 242 g/mol. The minimum Gasteiger partial charge on any atom is -0.497 e. The number of hydrogen-bond donors (Lipinski definition) is 3. The summed E-state index contributed by atoms with van der Waals surface area (Å²) in [5.41, 5.74) is 0.861. The first-order valence-corrected chi connectivity index (χ1v) is 6.74. The van der Waals surface area contributed by atoms with Gasteiger partial charge >= 0.3 is 0 Å². The van der Waals surface area contributed by atoms with Crippen LogP contribution in [0.4, 0.5) is 0 Å². The maximum atomic E-state index is 10.1. The lowest BCUT2D eigenvalue weighted by Gasteiger charge is -2.23. The van der Waals surface area contributed by atoms with Crippen LogP contribution in [0.25, 0.3) is 0 Å². The predicted molar refractivity (Wildman–Crippen MR) is 76.3 cm³/mol. The summed E-state index contributed by atoms with van der Waals surface area (Å²) in [6.45, 7) is 4.85. The molecule has 0 aliphatic heterocycles. The molecule has 3 N–H and O–H groups in total. The van der Waals surface area contributed by atoms with Gasteiger partial charge in [-0.1, -0.05) is 26.0 Å². The van der Waals surface area contributed by atoms with Crippen LogP contribution in [0, 0.1) is 5.92 Å². The third-order valence-corrected chi connectivity index (χ3v) is 3.32. The van der Waals surface area contributed by atoms with E-state index < -0.39 is 6.10 Å². The van der Waals surface area contributed by atoms with Gasteiger partial charge in [0.15, 0.2) is 0 Å². The number of benzene rings is 1. The second-order valence-corrected chi connectivity index (χ2v) is 5.06. The van der Waals surface area contributed by atoms with Crippen molar-refractivity contribution in [3.05, 3.63) is 29.8 Å². The molecule has 0 amide bonds. The van der Waals surface area contributed by atoms with Crippen molar-refractivity contribution >= 4 is 0 Å². The first kappa shape index (κ1) is 16.0. The van der Waals surface area contributed by atoms with Gasteiger partial charge in [-0.25, -0.2) is 0 Å². The summed E-state index contributed by atoms with van der Waals surface area (Å²) in [5.74, 6) is 1.21. The molecule has 0 aliphatic carbocycles. The Labute approximate surface area is 115 Å². The Balaban J connectivity index is 2.50. The number of aliphatic hydroxyl groups is 2. The molecule has 0 aliphatic rings. The van der Waals surface area contributed by atoms with Crippen LogP contribution in [0.3, 0.4) is 0 Å². The molecule has 0 saturated heterocycles. The van der Waals surface area contributed by atoms with Gasteiger partial charge in [-0.3, -0.25) is 0 Å². The molecule has 19 heavy (non-hydrogen) atoms. The van der Waals surface area contributed by atoms with E-state index in [1.165, 1.54) is 0 Å². The number of methoxy groups -OCH3 is 1. The Kier molecular flexibility index (Phi) is 6.84.